The number of ether oxygens (including phenoxy) is 1. The topological polar surface area (TPSA) is 78.8 Å². The first-order valence-electron chi connectivity index (χ1n) is 7.40. The van der Waals surface area contributed by atoms with Gasteiger partial charge in [0.05, 0.1) is 34.4 Å². The van der Waals surface area contributed by atoms with E-state index in [4.69, 9.17) is 9.63 Å². The lowest BCUT2D eigenvalue weighted by Crippen LogP contribution is -2.48. The minimum absolute atomic E-state index is 0.0713. The number of phosphoric ester groups is 1. The summed E-state index contributed by atoms with van der Waals surface area (Å²) in [4.78, 5) is 19.5. The monoisotopic (exact) mass is 343 g/mol. The molecule has 0 radical (unpaired) electrons. The second-order valence-corrected chi connectivity index (χ2v) is 7.52. The smallest absolute Gasteiger partial charge is 0.265 e. The van der Waals surface area contributed by atoms with Crippen molar-refractivity contribution in [3.8, 4) is 0 Å². The van der Waals surface area contributed by atoms with Crippen LogP contribution in [0.2, 0.25) is 0 Å². The number of quaternary nitrogens is 1. The zero-order valence-corrected chi connectivity index (χ0v) is 14.9. The summed E-state index contributed by atoms with van der Waals surface area (Å²) in [5.74, 6) is 0. The van der Waals surface area contributed by atoms with E-state index >= 15 is 0 Å². The Labute approximate surface area is 138 Å². The van der Waals surface area contributed by atoms with E-state index in [1.807, 2.05) is 45.4 Å². The highest BCUT2D eigenvalue weighted by molar-refractivity contribution is 7.44. The Hall–Kier alpha value is -1.01. The van der Waals surface area contributed by atoms with Crippen molar-refractivity contribution in [1.29, 1.82) is 0 Å². The molecule has 2 unspecified atom stereocenters. The third-order valence-electron chi connectivity index (χ3n) is 3.61. The van der Waals surface area contributed by atoms with Crippen molar-refractivity contribution < 1.29 is 28.1 Å². The van der Waals surface area contributed by atoms with E-state index in [1.54, 1.807) is 6.08 Å². The molecule has 7 heteroatoms. The van der Waals surface area contributed by atoms with Gasteiger partial charge in [-0.2, -0.15) is 0 Å². The molecule has 1 aromatic rings. The zero-order chi connectivity index (χ0) is 17.5. The molecule has 0 saturated carbocycles. The van der Waals surface area contributed by atoms with E-state index in [9.17, 15) is 9.46 Å². The first kappa shape index (κ1) is 20.0. The van der Waals surface area contributed by atoms with Gasteiger partial charge in [0.25, 0.3) is 7.82 Å². The van der Waals surface area contributed by atoms with Gasteiger partial charge < -0.3 is 23.5 Å². The van der Waals surface area contributed by atoms with Gasteiger partial charge in [0.1, 0.15) is 12.6 Å². The number of rotatable bonds is 10. The van der Waals surface area contributed by atoms with Crippen LogP contribution in [0.5, 0.6) is 0 Å². The maximum Gasteiger partial charge on any atom is 0.265 e. The molecule has 1 aromatic carbocycles. The van der Waals surface area contributed by atoms with E-state index in [2.05, 4.69) is 11.1 Å². The quantitative estimate of drug-likeness (QED) is 0.398. The molecule has 0 spiro atoms. The lowest BCUT2D eigenvalue weighted by Gasteiger charge is -2.34. The second-order valence-electron chi connectivity index (χ2n) is 6.32. The van der Waals surface area contributed by atoms with Gasteiger partial charge in [-0.15, -0.1) is 0 Å². The predicted octanol–water partition coefficient (Wildman–Crippen LogP) is 1.79. The van der Waals surface area contributed by atoms with Crippen molar-refractivity contribution in [1.82, 2.24) is 0 Å². The standard InChI is InChI=1S/C16H26NO5P/c1-5-14-6-8-15(9-7-14)12-21-11-10-16(17(2,3)4)13-22-23(18,19)20/h5-9,16H,1,10-13H2,2-4H3,(H-,18,19,20). The van der Waals surface area contributed by atoms with E-state index in [-0.39, 0.29) is 12.6 Å². The molecule has 0 aromatic heterocycles. The maximum atomic E-state index is 10.7. The first-order valence-corrected chi connectivity index (χ1v) is 8.90. The summed E-state index contributed by atoms with van der Waals surface area (Å²) in [7, 11) is 1.13. The Morgan fingerprint density at radius 3 is 2.43 bits per heavy atom. The van der Waals surface area contributed by atoms with Crippen LogP contribution in [0.15, 0.2) is 30.8 Å². The Bertz CT molecular complexity index is 532. The fraction of sp³-hybridized carbons (Fsp3) is 0.500. The van der Waals surface area contributed by atoms with Gasteiger partial charge >= 0.3 is 0 Å². The highest BCUT2D eigenvalue weighted by Crippen LogP contribution is 2.31. The molecule has 0 aliphatic rings. The van der Waals surface area contributed by atoms with Crippen molar-refractivity contribution in [2.24, 2.45) is 0 Å². The average Bonchev–Trinajstić information content (AvgIpc) is 2.44. The number of benzene rings is 1. The van der Waals surface area contributed by atoms with Crippen LogP contribution in [0, 0.1) is 0 Å². The summed E-state index contributed by atoms with van der Waals surface area (Å²) in [6.45, 7) is 4.60. The third-order valence-corrected chi connectivity index (χ3v) is 4.08. The van der Waals surface area contributed by atoms with Crippen molar-refractivity contribution >= 4 is 13.9 Å². The molecule has 0 fully saturated rings. The normalized spacial score (nSPS) is 15.9. The molecule has 6 nitrogen and oxygen atoms in total. The molecule has 2 atom stereocenters. The van der Waals surface area contributed by atoms with E-state index < -0.39 is 7.82 Å². The fourth-order valence-electron chi connectivity index (χ4n) is 2.03. The van der Waals surface area contributed by atoms with Crippen LogP contribution >= 0.6 is 7.82 Å². The van der Waals surface area contributed by atoms with Crippen molar-refractivity contribution in [3.05, 3.63) is 42.0 Å². The van der Waals surface area contributed by atoms with Crippen LogP contribution in [-0.2, 0) is 20.4 Å². The lowest BCUT2D eigenvalue weighted by atomic mass is 10.1. The molecular weight excluding hydrogens is 317 g/mol. The highest BCUT2D eigenvalue weighted by Gasteiger charge is 2.25. The summed E-state index contributed by atoms with van der Waals surface area (Å²) in [6.07, 6.45) is 2.40. The van der Waals surface area contributed by atoms with Gasteiger partial charge in [0.2, 0.25) is 0 Å². The average molecular weight is 343 g/mol. The van der Waals surface area contributed by atoms with E-state index in [0.29, 0.717) is 24.1 Å². The summed E-state index contributed by atoms with van der Waals surface area (Å²) in [5, 5.41) is 0. The van der Waals surface area contributed by atoms with Crippen LogP contribution in [0.1, 0.15) is 17.5 Å². The fourth-order valence-corrected chi connectivity index (χ4v) is 2.39. The molecule has 0 saturated heterocycles. The molecule has 0 amide bonds. The molecule has 0 heterocycles. The molecule has 1 N–H and O–H groups in total. The van der Waals surface area contributed by atoms with E-state index in [0.717, 1.165) is 11.1 Å². The van der Waals surface area contributed by atoms with Gasteiger partial charge in [-0.25, -0.2) is 0 Å². The SMILES string of the molecule is C=Cc1ccc(COCCC(COP(=O)([O-])O)[N+](C)(C)C)cc1. The predicted molar refractivity (Wildman–Crippen MR) is 88.4 cm³/mol. The van der Waals surface area contributed by atoms with Gasteiger partial charge in [0.15, 0.2) is 0 Å². The van der Waals surface area contributed by atoms with E-state index in [1.165, 1.54) is 0 Å². The van der Waals surface area contributed by atoms with Crippen LogP contribution in [0.25, 0.3) is 6.08 Å². The Morgan fingerprint density at radius 1 is 1.35 bits per heavy atom. The number of hydrogen-bond donors (Lipinski definition) is 1. The van der Waals surface area contributed by atoms with Crippen LogP contribution < -0.4 is 4.89 Å². The van der Waals surface area contributed by atoms with Crippen molar-refractivity contribution in [2.45, 2.75) is 19.1 Å². The maximum absolute atomic E-state index is 10.7. The van der Waals surface area contributed by atoms with Gasteiger partial charge in [-0.3, -0.25) is 4.57 Å². The number of hydrogen-bond acceptors (Lipinski definition) is 4. The van der Waals surface area contributed by atoms with Crippen molar-refractivity contribution in [2.75, 3.05) is 34.4 Å². The van der Waals surface area contributed by atoms with Crippen LogP contribution in [0.4, 0.5) is 0 Å². The van der Waals surface area contributed by atoms with Gasteiger partial charge in [-0.1, -0.05) is 36.9 Å². The summed E-state index contributed by atoms with van der Waals surface area (Å²) in [6, 6.07) is 7.81. The van der Waals surface area contributed by atoms with Crippen LogP contribution in [0.3, 0.4) is 0 Å². The lowest BCUT2D eigenvalue weighted by molar-refractivity contribution is -0.896. The number of phosphoric acid groups is 1. The van der Waals surface area contributed by atoms with Gasteiger partial charge in [0, 0.05) is 6.42 Å². The Morgan fingerprint density at radius 2 is 1.96 bits per heavy atom. The van der Waals surface area contributed by atoms with Crippen molar-refractivity contribution in [3.63, 3.8) is 0 Å². The molecule has 0 bridgehead atoms. The molecule has 0 aliphatic heterocycles. The third kappa shape index (κ3) is 8.42. The van der Waals surface area contributed by atoms with Gasteiger partial charge in [-0.05, 0) is 11.1 Å². The largest absolute Gasteiger partial charge is 0.756 e. The second kappa shape index (κ2) is 8.73. The number of likely N-dealkylation sites (N-methyl/N-ethyl adjacent to an activating group) is 1. The summed E-state index contributed by atoms with van der Waals surface area (Å²) in [5.41, 5.74) is 2.12. The minimum Gasteiger partial charge on any atom is -0.756 e. The molecule has 1 rings (SSSR count). The van der Waals surface area contributed by atoms with Crippen LogP contribution in [-0.4, -0.2) is 49.8 Å². The number of nitrogens with zero attached hydrogens (tertiary/aromatic N) is 1. The Kier molecular flexibility index (Phi) is 7.61. The summed E-state index contributed by atoms with van der Waals surface area (Å²) >= 11 is 0. The molecular formula is C16H26NO5P. The minimum atomic E-state index is -4.69. The zero-order valence-electron chi connectivity index (χ0n) is 14.0. The molecule has 23 heavy (non-hydrogen) atoms. The highest BCUT2D eigenvalue weighted by atomic mass is 31.2. The summed E-state index contributed by atoms with van der Waals surface area (Å²) < 4.78 is 21.4. The first-order chi connectivity index (χ1) is 10.6. The molecule has 0 aliphatic carbocycles. The Balaban J connectivity index is 2.42. The molecule has 130 valence electrons.